The maximum atomic E-state index is 6.10. The van der Waals surface area contributed by atoms with Crippen molar-refractivity contribution in [1.82, 2.24) is 9.55 Å². The predicted molar refractivity (Wildman–Crippen MR) is 84.9 cm³/mol. The van der Waals surface area contributed by atoms with Gasteiger partial charge in [-0.15, -0.1) is 0 Å². The van der Waals surface area contributed by atoms with Crippen molar-refractivity contribution in [2.24, 2.45) is 0 Å². The van der Waals surface area contributed by atoms with Crippen LogP contribution in [0.2, 0.25) is 10.0 Å². The zero-order valence-electron chi connectivity index (χ0n) is 10.9. The van der Waals surface area contributed by atoms with E-state index < -0.39 is 0 Å². The summed E-state index contributed by atoms with van der Waals surface area (Å²) in [6.07, 6.45) is 0.965. The Labute approximate surface area is 126 Å². The lowest BCUT2D eigenvalue weighted by Crippen LogP contribution is -2.01. The minimum Gasteiger partial charge on any atom is -0.369 e. The Hall–Kier alpha value is -1.71. The maximum absolute atomic E-state index is 6.10. The number of nitrogens with two attached hydrogens (primary N) is 1. The number of fused-ring (bicyclic) bond motifs is 1. The second-order valence-electron chi connectivity index (χ2n) is 4.58. The Morgan fingerprint density at radius 1 is 1.15 bits per heavy atom. The van der Waals surface area contributed by atoms with E-state index in [-0.39, 0.29) is 0 Å². The van der Waals surface area contributed by atoms with Gasteiger partial charge in [-0.1, -0.05) is 42.3 Å². The molecule has 102 valence electrons. The molecule has 0 atom stereocenters. The van der Waals surface area contributed by atoms with Gasteiger partial charge in [0.15, 0.2) is 0 Å². The van der Waals surface area contributed by atoms with Crippen molar-refractivity contribution in [2.45, 2.75) is 13.3 Å². The fourth-order valence-electron chi connectivity index (χ4n) is 2.28. The van der Waals surface area contributed by atoms with E-state index in [9.17, 15) is 0 Å². The van der Waals surface area contributed by atoms with Gasteiger partial charge in [0.25, 0.3) is 0 Å². The van der Waals surface area contributed by atoms with Crippen LogP contribution in [-0.4, -0.2) is 9.55 Å². The van der Waals surface area contributed by atoms with Crippen LogP contribution >= 0.6 is 23.2 Å². The van der Waals surface area contributed by atoms with Gasteiger partial charge >= 0.3 is 0 Å². The maximum Gasteiger partial charge on any atom is 0.205 e. The first kappa shape index (κ1) is 13.3. The fourth-order valence-corrected chi connectivity index (χ4v) is 2.59. The van der Waals surface area contributed by atoms with Crippen LogP contribution in [-0.2, 0) is 6.42 Å². The highest BCUT2D eigenvalue weighted by Crippen LogP contribution is 2.31. The van der Waals surface area contributed by atoms with Crippen molar-refractivity contribution in [2.75, 3.05) is 5.73 Å². The van der Waals surface area contributed by atoms with Crippen LogP contribution in [0, 0.1) is 0 Å². The molecule has 0 saturated carbocycles. The average Bonchev–Trinajstić information content (AvgIpc) is 2.74. The van der Waals surface area contributed by atoms with Gasteiger partial charge in [-0.25, -0.2) is 4.98 Å². The van der Waals surface area contributed by atoms with Gasteiger partial charge in [0.05, 0.1) is 21.1 Å². The molecule has 1 aromatic heterocycles. The predicted octanol–water partition coefficient (Wildman–Crippen LogP) is 4.48. The summed E-state index contributed by atoms with van der Waals surface area (Å²) in [5, 5.41) is 0.970. The molecular weight excluding hydrogens is 293 g/mol. The van der Waals surface area contributed by atoms with Crippen LogP contribution in [0.4, 0.5) is 5.95 Å². The Morgan fingerprint density at radius 3 is 2.65 bits per heavy atom. The standard InChI is InChI=1S/C15H13Cl2N3/c1-2-9-4-3-5-10(6-9)20-14-8-12(17)11(16)7-13(14)19-15(20)18/h3-8H,2H2,1H3,(H2,18,19). The van der Waals surface area contributed by atoms with E-state index in [4.69, 9.17) is 28.9 Å². The van der Waals surface area contributed by atoms with Crippen molar-refractivity contribution >= 4 is 40.2 Å². The molecule has 0 radical (unpaired) electrons. The van der Waals surface area contributed by atoms with Crippen molar-refractivity contribution in [3.63, 3.8) is 0 Å². The summed E-state index contributed by atoms with van der Waals surface area (Å²) in [6, 6.07) is 11.7. The molecule has 0 saturated heterocycles. The first-order valence-corrected chi connectivity index (χ1v) is 7.08. The van der Waals surface area contributed by atoms with Crippen LogP contribution in [0.25, 0.3) is 16.7 Å². The minimum absolute atomic E-state index is 0.423. The van der Waals surface area contributed by atoms with E-state index in [1.54, 1.807) is 12.1 Å². The second kappa shape index (κ2) is 5.00. The van der Waals surface area contributed by atoms with Crippen molar-refractivity contribution < 1.29 is 0 Å². The number of hydrogen-bond donors (Lipinski definition) is 1. The molecule has 20 heavy (non-hydrogen) atoms. The largest absolute Gasteiger partial charge is 0.369 e. The van der Waals surface area contributed by atoms with Crippen LogP contribution in [0.15, 0.2) is 36.4 Å². The van der Waals surface area contributed by atoms with Gasteiger partial charge in [0.2, 0.25) is 5.95 Å². The summed E-state index contributed by atoms with van der Waals surface area (Å²) in [5.41, 5.74) is 9.84. The molecule has 3 aromatic rings. The van der Waals surface area contributed by atoms with Gasteiger partial charge in [0, 0.05) is 5.69 Å². The molecule has 2 aromatic carbocycles. The fraction of sp³-hybridized carbons (Fsp3) is 0.133. The average molecular weight is 306 g/mol. The third kappa shape index (κ3) is 2.13. The molecule has 3 rings (SSSR count). The third-order valence-electron chi connectivity index (χ3n) is 3.30. The number of aryl methyl sites for hydroxylation is 1. The number of halogens is 2. The van der Waals surface area contributed by atoms with Crippen LogP contribution in [0.3, 0.4) is 0 Å². The molecule has 2 N–H and O–H groups in total. The molecule has 1 heterocycles. The highest BCUT2D eigenvalue weighted by Gasteiger charge is 2.12. The van der Waals surface area contributed by atoms with E-state index in [1.165, 1.54) is 5.56 Å². The second-order valence-corrected chi connectivity index (χ2v) is 5.40. The first-order chi connectivity index (χ1) is 9.60. The van der Waals surface area contributed by atoms with E-state index in [2.05, 4.69) is 24.0 Å². The minimum atomic E-state index is 0.423. The molecule has 0 fully saturated rings. The molecule has 0 aliphatic rings. The summed E-state index contributed by atoms with van der Waals surface area (Å²) in [5.74, 6) is 0.423. The third-order valence-corrected chi connectivity index (χ3v) is 4.02. The number of nitrogen functional groups attached to an aromatic ring is 1. The number of nitrogens with zero attached hydrogens (tertiary/aromatic N) is 2. The molecule has 0 amide bonds. The highest BCUT2D eigenvalue weighted by atomic mass is 35.5. The number of benzene rings is 2. The Bertz CT molecular complexity index is 793. The normalized spacial score (nSPS) is 11.2. The van der Waals surface area contributed by atoms with Crippen molar-refractivity contribution in [3.05, 3.63) is 52.0 Å². The smallest absolute Gasteiger partial charge is 0.205 e. The summed E-state index contributed by atoms with van der Waals surface area (Å²) >= 11 is 12.1. The van der Waals surface area contributed by atoms with Crippen molar-refractivity contribution in [1.29, 1.82) is 0 Å². The number of aromatic nitrogens is 2. The monoisotopic (exact) mass is 305 g/mol. The van der Waals surface area contributed by atoms with Gasteiger partial charge in [0.1, 0.15) is 0 Å². The Morgan fingerprint density at radius 2 is 1.90 bits per heavy atom. The first-order valence-electron chi connectivity index (χ1n) is 6.32. The molecule has 0 bridgehead atoms. The number of hydrogen-bond acceptors (Lipinski definition) is 2. The van der Waals surface area contributed by atoms with Gasteiger partial charge in [-0.2, -0.15) is 0 Å². The Kier molecular flexibility index (Phi) is 3.32. The SMILES string of the molecule is CCc1cccc(-n2c(N)nc3cc(Cl)c(Cl)cc32)c1. The van der Waals surface area contributed by atoms with Gasteiger partial charge in [-0.05, 0) is 36.2 Å². The van der Waals surface area contributed by atoms with Gasteiger partial charge in [-0.3, -0.25) is 4.57 Å². The summed E-state index contributed by atoms with van der Waals surface area (Å²) in [6.45, 7) is 2.12. The summed E-state index contributed by atoms with van der Waals surface area (Å²) in [7, 11) is 0. The molecule has 0 spiro atoms. The lowest BCUT2D eigenvalue weighted by molar-refractivity contribution is 1.08. The lowest BCUT2D eigenvalue weighted by atomic mass is 10.1. The van der Waals surface area contributed by atoms with Crippen LogP contribution < -0.4 is 5.73 Å². The molecule has 5 heteroatoms. The Balaban J connectivity index is 2.29. The van der Waals surface area contributed by atoms with Crippen LogP contribution in [0.1, 0.15) is 12.5 Å². The summed E-state index contributed by atoms with van der Waals surface area (Å²) in [4.78, 5) is 4.34. The lowest BCUT2D eigenvalue weighted by Gasteiger charge is -2.08. The zero-order valence-corrected chi connectivity index (χ0v) is 12.4. The zero-order chi connectivity index (χ0) is 14.3. The van der Waals surface area contributed by atoms with E-state index >= 15 is 0 Å². The number of rotatable bonds is 2. The summed E-state index contributed by atoms with van der Waals surface area (Å²) < 4.78 is 1.89. The molecular formula is C15H13Cl2N3. The van der Waals surface area contributed by atoms with E-state index in [0.717, 1.165) is 23.1 Å². The van der Waals surface area contributed by atoms with Crippen LogP contribution in [0.5, 0.6) is 0 Å². The van der Waals surface area contributed by atoms with Gasteiger partial charge < -0.3 is 5.73 Å². The number of imidazole rings is 1. The topological polar surface area (TPSA) is 43.8 Å². The molecule has 3 nitrogen and oxygen atoms in total. The molecule has 0 unspecified atom stereocenters. The molecule has 0 aliphatic carbocycles. The highest BCUT2D eigenvalue weighted by molar-refractivity contribution is 6.42. The number of anilines is 1. The van der Waals surface area contributed by atoms with Crippen molar-refractivity contribution in [3.8, 4) is 5.69 Å². The van der Waals surface area contributed by atoms with E-state index in [0.29, 0.717) is 16.0 Å². The molecule has 0 aliphatic heterocycles. The quantitative estimate of drug-likeness (QED) is 0.758. The van der Waals surface area contributed by atoms with E-state index in [1.807, 2.05) is 16.7 Å².